The number of carbonyl (C=O) groups excluding carboxylic acids is 2. The molecule has 1 amide bonds. The molecule has 1 saturated heterocycles. The number of hydrogen-bond acceptors (Lipinski definition) is 2. The number of hydrogen-bond donors (Lipinski definition) is 0. The van der Waals surface area contributed by atoms with Gasteiger partial charge < -0.3 is 4.90 Å². The molecular formula is C15H17BrFNO2. The molecule has 0 bridgehead atoms. The Bertz CT molecular complexity index is 545. The topological polar surface area (TPSA) is 37.4 Å². The molecule has 108 valence electrons. The average Bonchev–Trinajstić information content (AvgIpc) is 2.41. The Balaban J connectivity index is 2.31. The van der Waals surface area contributed by atoms with Gasteiger partial charge in [-0.1, -0.05) is 29.8 Å². The normalized spacial score (nSPS) is 19.6. The van der Waals surface area contributed by atoms with Crippen LogP contribution >= 0.6 is 15.9 Å². The molecule has 1 aliphatic heterocycles. The first-order valence-electron chi connectivity index (χ1n) is 6.72. The molecular weight excluding hydrogens is 325 g/mol. The van der Waals surface area contributed by atoms with Crippen molar-refractivity contribution >= 4 is 33.3 Å². The van der Waals surface area contributed by atoms with E-state index in [1.165, 1.54) is 11.0 Å². The van der Waals surface area contributed by atoms with E-state index in [9.17, 15) is 14.0 Å². The predicted molar refractivity (Wildman–Crippen MR) is 79.0 cm³/mol. The summed E-state index contributed by atoms with van der Waals surface area (Å²) in [5, 5.41) is 0. The first-order chi connectivity index (χ1) is 9.41. The second kappa shape index (κ2) is 6.04. The van der Waals surface area contributed by atoms with Crippen LogP contribution in [0.25, 0.3) is 0 Å². The highest BCUT2D eigenvalue weighted by molar-refractivity contribution is 9.10. The first-order valence-corrected chi connectivity index (χ1v) is 7.51. The van der Waals surface area contributed by atoms with Gasteiger partial charge in [0.1, 0.15) is 11.6 Å². The average molecular weight is 342 g/mol. The monoisotopic (exact) mass is 341 g/mol. The summed E-state index contributed by atoms with van der Waals surface area (Å²) >= 11 is 3.28. The highest BCUT2D eigenvalue weighted by atomic mass is 79.9. The second-order valence-corrected chi connectivity index (χ2v) is 6.25. The third kappa shape index (κ3) is 2.92. The van der Waals surface area contributed by atoms with E-state index in [0.29, 0.717) is 23.9 Å². The van der Waals surface area contributed by atoms with Crippen LogP contribution in [0.5, 0.6) is 0 Å². The Labute approximate surface area is 126 Å². The lowest BCUT2D eigenvalue weighted by atomic mass is 9.87. The van der Waals surface area contributed by atoms with Gasteiger partial charge in [0.25, 0.3) is 0 Å². The molecule has 1 fully saturated rings. The zero-order valence-corrected chi connectivity index (χ0v) is 13.1. The van der Waals surface area contributed by atoms with Gasteiger partial charge in [-0.2, -0.15) is 0 Å². The molecule has 1 aromatic carbocycles. The summed E-state index contributed by atoms with van der Waals surface area (Å²) in [6.45, 7) is 4.02. The minimum atomic E-state index is -0.637. The largest absolute Gasteiger partial charge is 0.309 e. The maximum atomic E-state index is 13.9. The molecule has 5 heteroatoms. The van der Waals surface area contributed by atoms with E-state index in [4.69, 9.17) is 0 Å². The van der Waals surface area contributed by atoms with Crippen molar-refractivity contribution in [2.75, 3.05) is 11.4 Å². The molecule has 1 aromatic rings. The van der Waals surface area contributed by atoms with Crippen LogP contribution in [0, 0.1) is 17.7 Å². The third-order valence-electron chi connectivity index (χ3n) is 3.55. The van der Waals surface area contributed by atoms with Crippen molar-refractivity contribution in [1.29, 1.82) is 0 Å². The summed E-state index contributed by atoms with van der Waals surface area (Å²) in [5.41, 5.74) is 0.241. The predicted octanol–water partition coefficient (Wildman–Crippen LogP) is 3.56. The highest BCUT2D eigenvalue weighted by Gasteiger charge is 2.36. The van der Waals surface area contributed by atoms with Gasteiger partial charge in [-0.25, -0.2) is 4.39 Å². The Morgan fingerprint density at radius 2 is 2.15 bits per heavy atom. The number of anilines is 1. The number of Topliss-reactive ketones (excluding diaryl/α,β-unsaturated/α-hetero) is 1. The molecule has 0 saturated carbocycles. The Morgan fingerprint density at radius 1 is 1.45 bits per heavy atom. The number of rotatable bonds is 3. The van der Waals surface area contributed by atoms with Crippen LogP contribution in [0.4, 0.5) is 10.1 Å². The summed E-state index contributed by atoms with van der Waals surface area (Å²) in [4.78, 5) is 25.9. The summed E-state index contributed by atoms with van der Waals surface area (Å²) in [6, 6.07) is 4.49. The number of piperidine rings is 1. The summed E-state index contributed by atoms with van der Waals surface area (Å²) in [6.07, 6.45) is 1.27. The molecule has 0 unspecified atom stereocenters. The molecule has 0 aromatic heterocycles. The van der Waals surface area contributed by atoms with Crippen LogP contribution in [0.1, 0.15) is 26.7 Å². The Morgan fingerprint density at radius 3 is 2.80 bits per heavy atom. The zero-order chi connectivity index (χ0) is 14.9. The standard InChI is InChI=1S/C15H17BrFNO2/c1-9(2)14(19)11-4-3-7-18(15(11)20)13-8-10(16)5-6-12(13)17/h5-6,8-9,11H,3-4,7H2,1-2H3/t11-/m1/s1. The van der Waals surface area contributed by atoms with E-state index in [1.807, 2.05) is 0 Å². The van der Waals surface area contributed by atoms with E-state index >= 15 is 0 Å². The fourth-order valence-electron chi connectivity index (χ4n) is 2.47. The van der Waals surface area contributed by atoms with Crippen molar-refractivity contribution < 1.29 is 14.0 Å². The Kier molecular flexibility index (Phi) is 4.58. The first kappa shape index (κ1) is 15.2. The number of halogens is 2. The molecule has 1 aliphatic rings. The van der Waals surface area contributed by atoms with Crippen molar-refractivity contribution in [3.05, 3.63) is 28.5 Å². The van der Waals surface area contributed by atoms with Crippen LogP contribution in [0.2, 0.25) is 0 Å². The molecule has 2 rings (SSSR count). The summed E-state index contributed by atoms with van der Waals surface area (Å²) in [7, 11) is 0. The van der Waals surface area contributed by atoms with E-state index in [2.05, 4.69) is 15.9 Å². The number of amides is 1. The Hall–Kier alpha value is -1.23. The van der Waals surface area contributed by atoms with E-state index < -0.39 is 11.7 Å². The van der Waals surface area contributed by atoms with Crippen LogP contribution in [-0.4, -0.2) is 18.2 Å². The lowest BCUT2D eigenvalue weighted by Gasteiger charge is -2.32. The lowest BCUT2D eigenvalue weighted by Crippen LogP contribution is -2.45. The van der Waals surface area contributed by atoms with Crippen molar-refractivity contribution in [3.8, 4) is 0 Å². The van der Waals surface area contributed by atoms with Gasteiger partial charge in [0.2, 0.25) is 5.91 Å². The fourth-order valence-corrected chi connectivity index (χ4v) is 2.82. The van der Waals surface area contributed by atoms with Gasteiger partial charge in [-0.15, -0.1) is 0 Å². The molecule has 0 aliphatic carbocycles. The van der Waals surface area contributed by atoms with E-state index in [0.717, 1.165) is 0 Å². The molecule has 3 nitrogen and oxygen atoms in total. The summed E-state index contributed by atoms with van der Waals surface area (Å²) in [5.74, 6) is -1.61. The van der Waals surface area contributed by atoms with Gasteiger partial charge in [0, 0.05) is 16.9 Å². The van der Waals surface area contributed by atoms with Crippen LogP contribution in [0.15, 0.2) is 22.7 Å². The molecule has 20 heavy (non-hydrogen) atoms. The second-order valence-electron chi connectivity index (χ2n) is 5.34. The maximum Gasteiger partial charge on any atom is 0.237 e. The van der Waals surface area contributed by atoms with E-state index in [1.54, 1.807) is 26.0 Å². The molecule has 0 N–H and O–H groups in total. The van der Waals surface area contributed by atoms with Crippen molar-refractivity contribution in [2.24, 2.45) is 11.8 Å². The maximum absolute atomic E-state index is 13.9. The molecule has 1 heterocycles. The number of nitrogens with zero attached hydrogens (tertiary/aromatic N) is 1. The van der Waals surface area contributed by atoms with Gasteiger partial charge in [0.05, 0.1) is 11.6 Å². The molecule has 0 radical (unpaired) electrons. The van der Waals surface area contributed by atoms with Crippen molar-refractivity contribution in [1.82, 2.24) is 0 Å². The molecule has 0 spiro atoms. The van der Waals surface area contributed by atoms with E-state index in [-0.39, 0.29) is 23.3 Å². The minimum Gasteiger partial charge on any atom is -0.309 e. The van der Waals surface area contributed by atoms with Crippen LogP contribution < -0.4 is 4.90 Å². The van der Waals surface area contributed by atoms with Gasteiger partial charge >= 0.3 is 0 Å². The number of ketones is 1. The van der Waals surface area contributed by atoms with Gasteiger partial charge in [-0.3, -0.25) is 9.59 Å². The summed E-state index contributed by atoms with van der Waals surface area (Å²) < 4.78 is 14.6. The molecule has 1 atom stereocenters. The SMILES string of the molecule is CC(C)C(=O)[C@H]1CCCN(c2cc(Br)ccc2F)C1=O. The number of carbonyl (C=O) groups is 2. The zero-order valence-electron chi connectivity index (χ0n) is 11.5. The van der Waals surface area contributed by atoms with Gasteiger partial charge in [0.15, 0.2) is 0 Å². The smallest absolute Gasteiger partial charge is 0.237 e. The van der Waals surface area contributed by atoms with Crippen molar-refractivity contribution in [3.63, 3.8) is 0 Å². The fraction of sp³-hybridized carbons (Fsp3) is 0.467. The van der Waals surface area contributed by atoms with Crippen LogP contribution in [-0.2, 0) is 9.59 Å². The van der Waals surface area contributed by atoms with Gasteiger partial charge in [-0.05, 0) is 31.0 Å². The van der Waals surface area contributed by atoms with Crippen molar-refractivity contribution in [2.45, 2.75) is 26.7 Å². The quantitative estimate of drug-likeness (QED) is 0.788. The highest BCUT2D eigenvalue weighted by Crippen LogP contribution is 2.30. The third-order valence-corrected chi connectivity index (χ3v) is 4.04. The van der Waals surface area contributed by atoms with Crippen LogP contribution in [0.3, 0.4) is 0 Å². The lowest BCUT2D eigenvalue weighted by molar-refractivity contribution is -0.135. The minimum absolute atomic E-state index is 0.0601. The number of benzene rings is 1.